The van der Waals surface area contributed by atoms with Crippen molar-refractivity contribution in [3.63, 3.8) is 0 Å². The van der Waals surface area contributed by atoms with Crippen molar-refractivity contribution in [1.82, 2.24) is 0 Å². The molecule has 0 aromatic heterocycles. The van der Waals surface area contributed by atoms with Crippen LogP contribution in [0.3, 0.4) is 0 Å². The molecule has 0 saturated heterocycles. The second-order valence-corrected chi connectivity index (χ2v) is 6.19. The van der Waals surface area contributed by atoms with Crippen LogP contribution >= 0.6 is 27.5 Å². The van der Waals surface area contributed by atoms with Crippen LogP contribution in [0.4, 0.5) is 0 Å². The number of rotatable bonds is 9. The molecule has 1 unspecified atom stereocenters. The Kier molecular flexibility index (Phi) is 10.8. The molecular weight excluding hydrogens is 342 g/mol. The smallest absolute Gasteiger partial charge is 0.136 e. The molecule has 0 spiro atoms. The van der Waals surface area contributed by atoms with Gasteiger partial charge in [0.2, 0.25) is 0 Å². The lowest BCUT2D eigenvalue weighted by atomic mass is 10.2. The zero-order chi connectivity index (χ0) is 15.5. The highest BCUT2D eigenvalue weighted by atomic mass is 79.9. The van der Waals surface area contributed by atoms with Gasteiger partial charge in [0.15, 0.2) is 0 Å². The number of ether oxygens (including phenoxy) is 1. The molecule has 0 aliphatic rings. The minimum absolute atomic E-state index is 0.162. The molecule has 1 atom stereocenters. The summed E-state index contributed by atoms with van der Waals surface area (Å²) in [5.41, 5.74) is 1.03. The molecule has 20 heavy (non-hydrogen) atoms. The molecule has 0 saturated carbocycles. The molecule has 0 aliphatic heterocycles. The lowest BCUT2D eigenvalue weighted by Gasteiger charge is -2.12. The quantitative estimate of drug-likeness (QED) is 0.216. The normalized spacial score (nSPS) is 13.9. The first-order valence-electron chi connectivity index (χ1n) is 6.71. The maximum absolute atomic E-state index is 10.3. The van der Waals surface area contributed by atoms with Gasteiger partial charge in [-0.2, -0.15) is 4.91 Å². The van der Waals surface area contributed by atoms with E-state index in [4.69, 9.17) is 16.3 Å². The second-order valence-electron chi connectivity index (χ2n) is 4.77. The van der Waals surface area contributed by atoms with Gasteiger partial charge in [-0.05, 0) is 57.0 Å². The van der Waals surface area contributed by atoms with Crippen LogP contribution in [0.15, 0.2) is 38.2 Å². The minimum atomic E-state index is -0.162. The Morgan fingerprint density at radius 1 is 1.45 bits per heavy atom. The highest BCUT2D eigenvalue weighted by Gasteiger charge is 2.07. The van der Waals surface area contributed by atoms with Crippen molar-refractivity contribution in [2.75, 3.05) is 6.61 Å². The molecule has 0 radical (unpaired) electrons. The van der Waals surface area contributed by atoms with Crippen LogP contribution < -0.4 is 0 Å². The van der Waals surface area contributed by atoms with Crippen LogP contribution in [-0.4, -0.2) is 12.6 Å². The molecule has 0 bridgehead atoms. The first kappa shape index (κ1) is 19.4. The summed E-state index contributed by atoms with van der Waals surface area (Å²) >= 11 is 9.71. The highest BCUT2D eigenvalue weighted by Crippen LogP contribution is 2.23. The molecule has 0 fully saturated rings. The Morgan fingerprint density at radius 3 is 2.60 bits per heavy atom. The van der Waals surface area contributed by atoms with Gasteiger partial charge in [0, 0.05) is 0 Å². The van der Waals surface area contributed by atoms with E-state index in [-0.39, 0.29) is 6.04 Å². The van der Waals surface area contributed by atoms with Crippen molar-refractivity contribution >= 4 is 27.5 Å². The molecule has 5 heteroatoms. The van der Waals surface area contributed by atoms with E-state index in [1.807, 2.05) is 32.9 Å². The van der Waals surface area contributed by atoms with Crippen molar-refractivity contribution in [2.24, 2.45) is 5.18 Å². The number of nitroso groups, excluding NO2 is 1. The zero-order valence-corrected chi connectivity index (χ0v) is 14.9. The maximum Gasteiger partial charge on any atom is 0.136 e. The average Bonchev–Trinajstić information content (AvgIpc) is 2.43. The molecule has 0 heterocycles. The maximum atomic E-state index is 10.3. The number of halogens is 2. The first-order chi connectivity index (χ1) is 9.42. The van der Waals surface area contributed by atoms with Crippen LogP contribution in [0.2, 0.25) is 0 Å². The van der Waals surface area contributed by atoms with E-state index in [0.29, 0.717) is 11.6 Å². The Morgan fingerprint density at radius 2 is 2.10 bits per heavy atom. The molecule has 0 rings (SSSR count). The van der Waals surface area contributed by atoms with E-state index < -0.39 is 0 Å². The van der Waals surface area contributed by atoms with Gasteiger partial charge >= 0.3 is 0 Å². The molecule has 3 nitrogen and oxygen atoms in total. The predicted octanol–water partition coefficient (Wildman–Crippen LogP) is 6.04. The van der Waals surface area contributed by atoms with Gasteiger partial charge in [-0.25, -0.2) is 0 Å². The van der Waals surface area contributed by atoms with Crippen molar-refractivity contribution in [1.29, 1.82) is 0 Å². The Hall–Kier alpha value is -0.610. The summed E-state index contributed by atoms with van der Waals surface area (Å²) < 4.78 is 6.81. The van der Waals surface area contributed by atoms with E-state index in [1.165, 1.54) is 0 Å². The van der Waals surface area contributed by atoms with E-state index >= 15 is 0 Å². The Bertz CT molecular complexity index is 399. The molecule has 114 valence electrons. The summed E-state index contributed by atoms with van der Waals surface area (Å²) in [7, 11) is 0. The van der Waals surface area contributed by atoms with Gasteiger partial charge in [-0.1, -0.05) is 44.9 Å². The predicted molar refractivity (Wildman–Crippen MR) is 90.1 cm³/mol. The fourth-order valence-corrected chi connectivity index (χ4v) is 1.94. The summed E-state index contributed by atoms with van der Waals surface area (Å²) in [6.45, 7) is 8.23. The third-order valence-electron chi connectivity index (χ3n) is 2.65. The molecule has 0 amide bonds. The van der Waals surface area contributed by atoms with Crippen molar-refractivity contribution in [2.45, 2.75) is 53.0 Å². The highest BCUT2D eigenvalue weighted by molar-refractivity contribution is 9.11. The monoisotopic (exact) mass is 363 g/mol. The van der Waals surface area contributed by atoms with Crippen LogP contribution in [0, 0.1) is 4.91 Å². The van der Waals surface area contributed by atoms with E-state index in [9.17, 15) is 4.91 Å². The van der Waals surface area contributed by atoms with Crippen LogP contribution in [0.1, 0.15) is 47.0 Å². The summed E-state index contributed by atoms with van der Waals surface area (Å²) in [6, 6.07) is -0.162. The summed E-state index contributed by atoms with van der Waals surface area (Å²) in [5.74, 6) is 0.717. The average molecular weight is 365 g/mol. The SMILES string of the molecule is C/C=C(/Br)C/C=C(/Cl)C(OCCCC(C)N=O)=C(C)C. The van der Waals surface area contributed by atoms with E-state index in [0.717, 1.165) is 35.1 Å². The van der Waals surface area contributed by atoms with Gasteiger partial charge in [0.1, 0.15) is 5.76 Å². The van der Waals surface area contributed by atoms with E-state index in [2.05, 4.69) is 21.1 Å². The van der Waals surface area contributed by atoms with Crippen molar-refractivity contribution < 1.29 is 4.74 Å². The van der Waals surface area contributed by atoms with Crippen LogP contribution in [0.5, 0.6) is 0 Å². The fourth-order valence-electron chi connectivity index (χ4n) is 1.46. The van der Waals surface area contributed by atoms with E-state index in [1.54, 1.807) is 6.92 Å². The standard InChI is InChI=1S/C15H23BrClNO2/c1-5-13(16)8-9-14(17)15(11(2)3)20-10-6-7-12(4)18-19/h5,9,12H,6-8,10H2,1-4H3/b13-5+,14-9+. The Balaban J connectivity index is 4.45. The summed E-state index contributed by atoms with van der Waals surface area (Å²) in [6.07, 6.45) is 6.15. The fraction of sp³-hybridized carbons (Fsp3) is 0.600. The number of hydrogen-bond acceptors (Lipinski definition) is 3. The number of hydrogen-bond donors (Lipinski definition) is 0. The largest absolute Gasteiger partial charge is 0.492 e. The lowest BCUT2D eigenvalue weighted by molar-refractivity contribution is 0.211. The van der Waals surface area contributed by atoms with Crippen LogP contribution in [-0.2, 0) is 4.74 Å². The second kappa shape index (κ2) is 11.1. The molecule has 0 aliphatic carbocycles. The summed E-state index contributed by atoms with van der Waals surface area (Å²) in [5, 5.41) is 3.58. The zero-order valence-electron chi connectivity index (χ0n) is 12.6. The lowest BCUT2D eigenvalue weighted by Crippen LogP contribution is -2.02. The van der Waals surface area contributed by atoms with Gasteiger partial charge < -0.3 is 4.74 Å². The van der Waals surface area contributed by atoms with Gasteiger partial charge in [0.25, 0.3) is 0 Å². The van der Waals surface area contributed by atoms with Crippen molar-refractivity contribution in [3.05, 3.63) is 37.9 Å². The third-order valence-corrected chi connectivity index (χ3v) is 3.76. The van der Waals surface area contributed by atoms with Gasteiger partial charge in [0.05, 0.1) is 17.7 Å². The van der Waals surface area contributed by atoms with Crippen LogP contribution in [0.25, 0.3) is 0 Å². The molecular formula is C15H23BrClNO2. The third kappa shape index (κ3) is 8.54. The number of allylic oxidation sites excluding steroid dienone is 5. The Labute approximate surface area is 135 Å². The topological polar surface area (TPSA) is 38.7 Å². The molecule has 0 aromatic rings. The molecule has 0 aromatic carbocycles. The minimum Gasteiger partial charge on any atom is -0.492 e. The first-order valence-corrected chi connectivity index (χ1v) is 7.88. The van der Waals surface area contributed by atoms with Crippen molar-refractivity contribution in [3.8, 4) is 0 Å². The number of nitrogens with zero attached hydrogens (tertiary/aromatic N) is 1. The summed E-state index contributed by atoms with van der Waals surface area (Å²) in [4.78, 5) is 10.3. The molecule has 0 N–H and O–H groups in total. The van der Waals surface area contributed by atoms with Gasteiger partial charge in [-0.15, -0.1) is 0 Å². The van der Waals surface area contributed by atoms with Gasteiger partial charge in [-0.3, -0.25) is 0 Å².